The van der Waals surface area contributed by atoms with Gasteiger partial charge in [0.15, 0.2) is 5.82 Å². The highest BCUT2D eigenvalue weighted by Crippen LogP contribution is 2.19. The molecule has 0 saturated carbocycles. The van der Waals surface area contributed by atoms with E-state index >= 15 is 0 Å². The molecule has 0 atom stereocenters. The van der Waals surface area contributed by atoms with Crippen LogP contribution in [0, 0.1) is 0 Å². The Balaban J connectivity index is 2.27. The molecule has 0 aromatic carbocycles. The fourth-order valence-electron chi connectivity index (χ4n) is 1.21. The normalized spacial score (nSPS) is 10.1. The number of amides is 1. The van der Waals surface area contributed by atoms with Crippen LogP contribution in [0.1, 0.15) is 10.4 Å². The molecule has 8 heteroatoms. The first-order chi connectivity index (χ1) is 8.58. The minimum absolute atomic E-state index is 0.00844. The Morgan fingerprint density at radius 1 is 1.39 bits per heavy atom. The number of carbonyl (C=O) groups is 1. The van der Waals surface area contributed by atoms with Crippen molar-refractivity contribution in [1.29, 1.82) is 0 Å². The van der Waals surface area contributed by atoms with E-state index in [1.807, 2.05) is 0 Å². The second-order valence-electron chi connectivity index (χ2n) is 3.20. The molecule has 2 aromatic heterocycles. The third-order valence-corrected chi connectivity index (χ3v) is 2.93. The number of halogens is 2. The summed E-state index contributed by atoms with van der Waals surface area (Å²) in [5.74, 6) is -0.305. The Hall–Kier alpha value is -1.54. The van der Waals surface area contributed by atoms with E-state index in [4.69, 9.17) is 0 Å². The number of H-pyrrole nitrogens is 1. The summed E-state index contributed by atoms with van der Waals surface area (Å²) in [4.78, 5) is 33.7. The van der Waals surface area contributed by atoms with Gasteiger partial charge in [-0.05, 0) is 44.0 Å². The maximum atomic E-state index is 11.8. The molecule has 0 aliphatic rings. The van der Waals surface area contributed by atoms with Gasteiger partial charge in [-0.25, -0.2) is 9.97 Å². The number of hydrogen-bond donors (Lipinski definition) is 2. The van der Waals surface area contributed by atoms with E-state index in [1.54, 1.807) is 6.07 Å². The lowest BCUT2D eigenvalue weighted by Crippen LogP contribution is -2.23. The minimum Gasteiger partial charge on any atom is -0.328 e. The molecule has 0 fully saturated rings. The van der Waals surface area contributed by atoms with E-state index < -0.39 is 11.5 Å². The molecule has 0 radical (unpaired) electrons. The second-order valence-corrected chi connectivity index (χ2v) is 4.76. The third-order valence-electron chi connectivity index (χ3n) is 2.00. The van der Waals surface area contributed by atoms with Gasteiger partial charge in [0, 0.05) is 6.20 Å². The summed E-state index contributed by atoms with van der Waals surface area (Å²) in [6.07, 6.45) is 2.89. The smallest absolute Gasteiger partial charge is 0.262 e. The summed E-state index contributed by atoms with van der Waals surface area (Å²) in [6, 6.07) is 2.99. The Morgan fingerprint density at radius 2 is 2.17 bits per heavy atom. The first kappa shape index (κ1) is 12.9. The largest absolute Gasteiger partial charge is 0.328 e. The highest BCUT2D eigenvalue weighted by Gasteiger charge is 2.13. The first-order valence-corrected chi connectivity index (χ1v) is 6.33. The summed E-state index contributed by atoms with van der Waals surface area (Å²) in [7, 11) is 0. The zero-order chi connectivity index (χ0) is 13.1. The van der Waals surface area contributed by atoms with E-state index in [-0.39, 0.29) is 11.4 Å². The van der Waals surface area contributed by atoms with Crippen LogP contribution in [-0.4, -0.2) is 20.9 Å². The maximum Gasteiger partial charge on any atom is 0.262 e. The fourth-order valence-corrected chi connectivity index (χ4v) is 2.12. The Labute approximate surface area is 118 Å². The van der Waals surface area contributed by atoms with Crippen LogP contribution in [0.2, 0.25) is 0 Å². The summed E-state index contributed by atoms with van der Waals surface area (Å²) >= 11 is 6.31. The summed E-state index contributed by atoms with van der Waals surface area (Å²) in [5, 5.41) is 2.49. The number of nitrogens with zero attached hydrogens (tertiary/aromatic N) is 2. The number of anilines is 1. The SMILES string of the molecule is O=C(Nc1ncc(Br)nc1Br)c1ccc[nH]c1=O. The van der Waals surface area contributed by atoms with Crippen molar-refractivity contribution in [2.45, 2.75) is 0 Å². The number of aromatic amines is 1. The zero-order valence-corrected chi connectivity index (χ0v) is 11.9. The van der Waals surface area contributed by atoms with Crippen LogP contribution in [0.25, 0.3) is 0 Å². The van der Waals surface area contributed by atoms with Crippen molar-refractivity contribution in [1.82, 2.24) is 15.0 Å². The van der Waals surface area contributed by atoms with Gasteiger partial charge in [0.1, 0.15) is 14.8 Å². The van der Waals surface area contributed by atoms with Crippen LogP contribution in [0.4, 0.5) is 5.82 Å². The Morgan fingerprint density at radius 3 is 2.83 bits per heavy atom. The Kier molecular flexibility index (Phi) is 3.87. The van der Waals surface area contributed by atoms with Crippen LogP contribution < -0.4 is 10.9 Å². The molecule has 0 spiro atoms. The third kappa shape index (κ3) is 2.82. The molecule has 2 N–H and O–H groups in total. The van der Waals surface area contributed by atoms with Crippen LogP contribution in [0.15, 0.2) is 38.5 Å². The van der Waals surface area contributed by atoms with Crippen molar-refractivity contribution in [2.24, 2.45) is 0 Å². The van der Waals surface area contributed by atoms with Gasteiger partial charge in [0.25, 0.3) is 11.5 Å². The number of hydrogen-bond acceptors (Lipinski definition) is 4. The van der Waals surface area contributed by atoms with E-state index in [0.717, 1.165) is 0 Å². The summed E-state index contributed by atoms with van der Waals surface area (Å²) in [5.41, 5.74) is -0.453. The average Bonchev–Trinajstić information content (AvgIpc) is 2.33. The quantitative estimate of drug-likeness (QED) is 0.842. The van der Waals surface area contributed by atoms with Gasteiger partial charge in [0.05, 0.1) is 6.20 Å². The molecule has 6 nitrogen and oxygen atoms in total. The summed E-state index contributed by atoms with van der Waals surface area (Å²) in [6.45, 7) is 0. The average molecular weight is 374 g/mol. The monoisotopic (exact) mass is 372 g/mol. The molecule has 2 rings (SSSR count). The number of aromatic nitrogens is 3. The molecule has 2 aromatic rings. The van der Waals surface area contributed by atoms with E-state index in [9.17, 15) is 9.59 Å². The molecule has 92 valence electrons. The predicted octanol–water partition coefficient (Wildman–Crippen LogP) is 1.94. The number of pyridine rings is 1. The number of carbonyl (C=O) groups excluding carboxylic acids is 1. The fraction of sp³-hybridized carbons (Fsp3) is 0. The van der Waals surface area contributed by atoms with Crippen molar-refractivity contribution in [3.63, 3.8) is 0 Å². The molecule has 0 bridgehead atoms. The molecule has 2 heterocycles. The number of nitrogens with one attached hydrogen (secondary N) is 2. The highest BCUT2D eigenvalue weighted by atomic mass is 79.9. The number of rotatable bonds is 2. The van der Waals surface area contributed by atoms with Crippen molar-refractivity contribution in [3.05, 3.63) is 49.7 Å². The van der Waals surface area contributed by atoms with Crippen LogP contribution in [0.5, 0.6) is 0 Å². The molecular formula is C10H6Br2N4O2. The second kappa shape index (κ2) is 5.40. The lowest BCUT2D eigenvalue weighted by atomic mass is 10.2. The molecule has 0 aliphatic heterocycles. The van der Waals surface area contributed by atoms with Crippen molar-refractivity contribution < 1.29 is 4.79 Å². The highest BCUT2D eigenvalue weighted by molar-refractivity contribution is 9.11. The minimum atomic E-state index is -0.547. The molecule has 0 unspecified atom stereocenters. The summed E-state index contributed by atoms with van der Waals surface area (Å²) < 4.78 is 0.905. The standard InChI is InChI=1S/C10H6Br2N4O2/c11-6-4-14-8(7(12)15-6)16-10(18)5-2-1-3-13-9(5)17/h1-4H,(H,13,17)(H,14,16,18). The first-order valence-electron chi connectivity index (χ1n) is 4.75. The van der Waals surface area contributed by atoms with Gasteiger partial charge in [0.2, 0.25) is 0 Å². The van der Waals surface area contributed by atoms with E-state index in [2.05, 4.69) is 52.1 Å². The lowest BCUT2D eigenvalue weighted by molar-refractivity contribution is 0.102. The van der Waals surface area contributed by atoms with Gasteiger partial charge in [-0.15, -0.1) is 0 Å². The van der Waals surface area contributed by atoms with Crippen molar-refractivity contribution in [3.8, 4) is 0 Å². The van der Waals surface area contributed by atoms with Gasteiger partial charge in [-0.1, -0.05) is 0 Å². The van der Waals surface area contributed by atoms with Gasteiger partial charge in [-0.2, -0.15) is 0 Å². The van der Waals surface area contributed by atoms with Crippen molar-refractivity contribution in [2.75, 3.05) is 5.32 Å². The molecule has 18 heavy (non-hydrogen) atoms. The van der Waals surface area contributed by atoms with Gasteiger partial charge >= 0.3 is 0 Å². The molecule has 0 aliphatic carbocycles. The van der Waals surface area contributed by atoms with Gasteiger partial charge in [-0.3, -0.25) is 9.59 Å². The molecule has 1 amide bonds. The maximum absolute atomic E-state index is 11.8. The predicted molar refractivity (Wildman–Crippen MR) is 72.4 cm³/mol. The molecule has 0 saturated heterocycles. The van der Waals surface area contributed by atoms with E-state index in [1.165, 1.54) is 18.5 Å². The lowest BCUT2D eigenvalue weighted by Gasteiger charge is -2.05. The molecular weight excluding hydrogens is 368 g/mol. The Bertz CT molecular complexity index is 656. The van der Waals surface area contributed by atoms with Crippen LogP contribution in [-0.2, 0) is 0 Å². The van der Waals surface area contributed by atoms with Crippen LogP contribution >= 0.6 is 31.9 Å². The van der Waals surface area contributed by atoms with Crippen molar-refractivity contribution >= 4 is 43.6 Å². The topological polar surface area (TPSA) is 87.7 Å². The zero-order valence-electron chi connectivity index (χ0n) is 8.78. The van der Waals surface area contributed by atoms with E-state index in [0.29, 0.717) is 9.21 Å². The van der Waals surface area contributed by atoms with Crippen LogP contribution in [0.3, 0.4) is 0 Å². The van der Waals surface area contributed by atoms with Gasteiger partial charge < -0.3 is 10.3 Å².